The molecule has 2 amide bonds. The Morgan fingerprint density at radius 1 is 0.909 bits per heavy atom. The van der Waals surface area contributed by atoms with E-state index in [9.17, 15) is 27.6 Å². The van der Waals surface area contributed by atoms with Gasteiger partial charge in [-0.1, -0.05) is 12.1 Å². The van der Waals surface area contributed by atoms with Crippen molar-refractivity contribution in [2.45, 2.75) is 25.4 Å². The van der Waals surface area contributed by atoms with E-state index in [0.717, 1.165) is 0 Å². The lowest BCUT2D eigenvalue weighted by Crippen LogP contribution is -2.54. The standard InChI is InChI=1S/C30H28F3N5O6/c1-17(39)37-21-6-4-5-18(13-21)16-36-27(40)29(44-28(41)30(31,32)33,20-7-10-24(42-2)25(15-20)43-3)38-22-8-9-23-19(14-22)11-12-35-26(23)34/h4-15,38H,16H2,1-3H3,(H2,34,35)(H,36,40)(H,37,39). The number of nitrogen functional groups attached to an aromatic ring is 1. The van der Waals surface area contributed by atoms with Gasteiger partial charge in [0.25, 0.3) is 11.6 Å². The zero-order valence-electron chi connectivity index (χ0n) is 23.7. The van der Waals surface area contributed by atoms with Crippen molar-refractivity contribution in [1.82, 2.24) is 10.3 Å². The fraction of sp³-hybridized carbons (Fsp3) is 0.200. The fourth-order valence-corrected chi connectivity index (χ4v) is 4.39. The first-order valence-electron chi connectivity index (χ1n) is 13.0. The number of nitrogens with zero attached hydrogens (tertiary/aromatic N) is 1. The molecule has 14 heteroatoms. The average Bonchev–Trinajstić information content (AvgIpc) is 2.98. The SMILES string of the molecule is COc1ccc(C(Nc2ccc3c(N)nccc3c2)(OC(=O)C(F)(F)F)C(=O)NCc2cccc(NC(C)=O)c2)cc1OC. The van der Waals surface area contributed by atoms with E-state index in [1.165, 1.54) is 57.7 Å². The number of aromatic nitrogens is 1. The molecule has 0 radical (unpaired) electrons. The molecule has 11 nitrogen and oxygen atoms in total. The van der Waals surface area contributed by atoms with Crippen LogP contribution in [0.15, 0.2) is 72.9 Å². The largest absolute Gasteiger partial charge is 0.493 e. The van der Waals surface area contributed by atoms with Crippen molar-refractivity contribution in [3.8, 4) is 11.5 Å². The van der Waals surface area contributed by atoms with Gasteiger partial charge in [0.1, 0.15) is 5.82 Å². The summed E-state index contributed by atoms with van der Waals surface area (Å²) in [5, 5.41) is 8.96. The Hall–Kier alpha value is -5.53. The number of amides is 2. The van der Waals surface area contributed by atoms with Gasteiger partial charge in [0.05, 0.1) is 14.2 Å². The molecule has 1 aromatic heterocycles. The number of ether oxygens (including phenoxy) is 3. The van der Waals surface area contributed by atoms with E-state index in [0.29, 0.717) is 22.0 Å². The van der Waals surface area contributed by atoms with Gasteiger partial charge in [0.2, 0.25) is 5.91 Å². The van der Waals surface area contributed by atoms with Gasteiger partial charge < -0.3 is 35.9 Å². The van der Waals surface area contributed by atoms with E-state index in [2.05, 4.69) is 20.9 Å². The van der Waals surface area contributed by atoms with Crippen molar-refractivity contribution >= 4 is 45.7 Å². The van der Waals surface area contributed by atoms with E-state index in [1.54, 1.807) is 36.4 Å². The summed E-state index contributed by atoms with van der Waals surface area (Å²) in [6, 6.07) is 16.4. The van der Waals surface area contributed by atoms with Gasteiger partial charge in [0, 0.05) is 42.0 Å². The first-order chi connectivity index (χ1) is 20.9. The summed E-state index contributed by atoms with van der Waals surface area (Å²) in [6.07, 6.45) is -4.02. The van der Waals surface area contributed by atoms with Gasteiger partial charge in [-0.25, -0.2) is 9.78 Å². The minimum absolute atomic E-state index is 0.0485. The van der Waals surface area contributed by atoms with Crippen molar-refractivity contribution in [1.29, 1.82) is 0 Å². The molecule has 1 atom stereocenters. The third kappa shape index (κ3) is 6.91. The minimum atomic E-state index is -5.46. The smallest absolute Gasteiger partial charge is 0.491 e. The number of methoxy groups -OCH3 is 2. The van der Waals surface area contributed by atoms with E-state index in [-0.39, 0.29) is 41.0 Å². The highest BCUT2D eigenvalue weighted by atomic mass is 19.4. The molecule has 44 heavy (non-hydrogen) atoms. The van der Waals surface area contributed by atoms with Crippen molar-refractivity contribution < 1.29 is 41.8 Å². The molecule has 0 aliphatic rings. The van der Waals surface area contributed by atoms with E-state index in [4.69, 9.17) is 19.9 Å². The number of nitrogens with two attached hydrogens (primary N) is 1. The lowest BCUT2D eigenvalue weighted by molar-refractivity contribution is -0.213. The third-order valence-corrected chi connectivity index (χ3v) is 6.40. The summed E-state index contributed by atoms with van der Waals surface area (Å²) in [4.78, 5) is 42.0. The molecule has 3 aromatic carbocycles. The Kier molecular flexibility index (Phi) is 9.12. The fourth-order valence-electron chi connectivity index (χ4n) is 4.39. The normalized spacial score (nSPS) is 12.5. The summed E-state index contributed by atoms with van der Waals surface area (Å²) < 4.78 is 56.6. The molecule has 4 aromatic rings. The number of alkyl halides is 3. The van der Waals surface area contributed by atoms with Crippen molar-refractivity contribution in [2.24, 2.45) is 0 Å². The topological polar surface area (TPSA) is 154 Å². The number of benzene rings is 3. The van der Waals surface area contributed by atoms with Crippen LogP contribution in [0, 0.1) is 0 Å². The Balaban J connectivity index is 1.85. The molecule has 0 saturated carbocycles. The zero-order chi connectivity index (χ0) is 32.1. The van der Waals surface area contributed by atoms with Gasteiger partial charge in [-0.3, -0.25) is 9.59 Å². The number of hydrogen-bond donors (Lipinski definition) is 4. The summed E-state index contributed by atoms with van der Waals surface area (Å²) in [7, 11) is 2.65. The highest BCUT2D eigenvalue weighted by molar-refractivity contribution is 5.96. The number of carbonyl (C=O) groups excluding carboxylic acids is 3. The highest BCUT2D eigenvalue weighted by Gasteiger charge is 2.52. The number of anilines is 3. The van der Waals surface area contributed by atoms with E-state index < -0.39 is 23.8 Å². The molecule has 1 heterocycles. The molecule has 0 aliphatic carbocycles. The number of hydrogen-bond acceptors (Lipinski definition) is 9. The summed E-state index contributed by atoms with van der Waals surface area (Å²) in [5.74, 6) is -3.64. The second-order valence-electron chi connectivity index (χ2n) is 9.46. The number of halogens is 3. The number of fused-ring (bicyclic) bond motifs is 1. The zero-order valence-corrected chi connectivity index (χ0v) is 23.7. The van der Waals surface area contributed by atoms with Gasteiger partial charge in [-0.05, 0) is 65.5 Å². The van der Waals surface area contributed by atoms with Crippen molar-refractivity contribution in [3.63, 3.8) is 0 Å². The molecule has 5 N–H and O–H groups in total. The van der Waals surface area contributed by atoms with Crippen LogP contribution < -0.4 is 31.2 Å². The number of esters is 1. The quantitative estimate of drug-likeness (QED) is 0.150. The van der Waals surface area contributed by atoms with Gasteiger partial charge in [-0.2, -0.15) is 13.2 Å². The maximum atomic E-state index is 14.1. The van der Waals surface area contributed by atoms with Crippen LogP contribution in [0.25, 0.3) is 10.8 Å². The first kappa shape index (κ1) is 31.4. The maximum Gasteiger partial charge on any atom is 0.491 e. The van der Waals surface area contributed by atoms with Crippen molar-refractivity contribution in [2.75, 3.05) is 30.6 Å². The predicted molar refractivity (Wildman–Crippen MR) is 156 cm³/mol. The highest BCUT2D eigenvalue weighted by Crippen LogP contribution is 2.38. The first-order valence-corrected chi connectivity index (χ1v) is 13.0. The summed E-state index contributed by atoms with van der Waals surface area (Å²) in [5.41, 5.74) is 3.97. The molecule has 230 valence electrons. The van der Waals surface area contributed by atoms with Crippen molar-refractivity contribution in [3.05, 3.63) is 84.1 Å². The van der Waals surface area contributed by atoms with E-state index in [1.807, 2.05) is 0 Å². The molecule has 0 aliphatic heterocycles. The minimum Gasteiger partial charge on any atom is -0.493 e. The van der Waals surface area contributed by atoms with Crippen LogP contribution in [0.4, 0.5) is 30.4 Å². The molecule has 0 saturated heterocycles. The van der Waals surface area contributed by atoms with Crippen LogP contribution in [0.2, 0.25) is 0 Å². The van der Waals surface area contributed by atoms with Crippen LogP contribution >= 0.6 is 0 Å². The number of carbonyl (C=O) groups is 3. The molecule has 1 unspecified atom stereocenters. The monoisotopic (exact) mass is 611 g/mol. The average molecular weight is 612 g/mol. The number of nitrogens with one attached hydrogen (secondary N) is 3. The molecule has 0 spiro atoms. The number of pyridine rings is 1. The molecular formula is C30H28F3N5O6. The number of rotatable bonds is 10. The summed E-state index contributed by atoms with van der Waals surface area (Å²) >= 11 is 0. The molecule has 0 bridgehead atoms. The Morgan fingerprint density at radius 2 is 1.66 bits per heavy atom. The van der Waals surface area contributed by atoms with Crippen LogP contribution in [0.5, 0.6) is 11.5 Å². The molecule has 4 rings (SSSR count). The Bertz CT molecular complexity index is 1710. The van der Waals surface area contributed by atoms with Gasteiger partial charge >= 0.3 is 12.1 Å². The van der Waals surface area contributed by atoms with Crippen LogP contribution in [0.3, 0.4) is 0 Å². The van der Waals surface area contributed by atoms with Crippen LogP contribution in [0.1, 0.15) is 18.1 Å². The second-order valence-corrected chi connectivity index (χ2v) is 9.46. The predicted octanol–water partition coefficient (Wildman–Crippen LogP) is 4.48. The Labute approximate surface area is 249 Å². The van der Waals surface area contributed by atoms with Crippen LogP contribution in [-0.4, -0.2) is 43.2 Å². The van der Waals surface area contributed by atoms with Gasteiger partial charge in [-0.15, -0.1) is 0 Å². The molecule has 0 fully saturated rings. The van der Waals surface area contributed by atoms with Gasteiger partial charge in [0.15, 0.2) is 11.5 Å². The lowest BCUT2D eigenvalue weighted by atomic mass is 9.99. The lowest BCUT2D eigenvalue weighted by Gasteiger charge is -2.34. The molecular weight excluding hydrogens is 583 g/mol. The third-order valence-electron chi connectivity index (χ3n) is 6.40. The Morgan fingerprint density at radius 3 is 2.34 bits per heavy atom. The summed E-state index contributed by atoms with van der Waals surface area (Å²) in [6.45, 7) is 1.11. The van der Waals surface area contributed by atoms with E-state index >= 15 is 0 Å². The second kappa shape index (κ2) is 12.8. The van der Waals surface area contributed by atoms with Crippen LogP contribution in [-0.2, 0) is 31.4 Å². The maximum absolute atomic E-state index is 14.1.